The molecule has 72 valence electrons. The van der Waals surface area contributed by atoms with Gasteiger partial charge in [0, 0.05) is 17.3 Å². The summed E-state index contributed by atoms with van der Waals surface area (Å²) in [6.07, 6.45) is 2.51. The number of aryl methyl sites for hydroxylation is 1. The molecule has 2 aromatic rings. The minimum Gasteiger partial charge on any atom is -0.504 e. The molecular weight excluding hydrogens is 178 g/mol. The SMILES string of the molecule is CCc1nccc2cc(O)c(O)cc12. The van der Waals surface area contributed by atoms with Crippen LogP contribution in [0.4, 0.5) is 0 Å². The minimum atomic E-state index is -0.0970. The highest BCUT2D eigenvalue weighted by Crippen LogP contribution is 2.31. The summed E-state index contributed by atoms with van der Waals surface area (Å²) in [5.41, 5.74) is 0.929. The van der Waals surface area contributed by atoms with Crippen LogP contribution in [-0.4, -0.2) is 15.2 Å². The van der Waals surface area contributed by atoms with Gasteiger partial charge in [-0.3, -0.25) is 4.98 Å². The zero-order valence-electron chi connectivity index (χ0n) is 7.86. The summed E-state index contributed by atoms with van der Waals surface area (Å²) in [7, 11) is 0. The highest BCUT2D eigenvalue weighted by atomic mass is 16.3. The molecule has 2 rings (SSSR count). The Labute approximate surface area is 81.7 Å². The van der Waals surface area contributed by atoms with Gasteiger partial charge in [-0.2, -0.15) is 0 Å². The van der Waals surface area contributed by atoms with Crippen molar-refractivity contribution in [2.75, 3.05) is 0 Å². The number of benzene rings is 1. The average molecular weight is 189 g/mol. The van der Waals surface area contributed by atoms with Gasteiger partial charge in [-0.25, -0.2) is 0 Å². The second-order valence-electron chi connectivity index (χ2n) is 3.17. The molecule has 0 spiro atoms. The molecule has 0 aliphatic carbocycles. The molecule has 2 N–H and O–H groups in total. The smallest absolute Gasteiger partial charge is 0.158 e. The molecule has 0 fully saturated rings. The highest BCUT2D eigenvalue weighted by molar-refractivity contribution is 5.87. The van der Waals surface area contributed by atoms with Crippen LogP contribution >= 0.6 is 0 Å². The van der Waals surface area contributed by atoms with Gasteiger partial charge in [0.2, 0.25) is 0 Å². The van der Waals surface area contributed by atoms with Gasteiger partial charge in [0.1, 0.15) is 0 Å². The van der Waals surface area contributed by atoms with E-state index in [2.05, 4.69) is 4.98 Å². The molecule has 0 saturated heterocycles. The van der Waals surface area contributed by atoms with Crippen molar-refractivity contribution in [2.24, 2.45) is 0 Å². The van der Waals surface area contributed by atoms with Crippen LogP contribution in [0.1, 0.15) is 12.6 Å². The molecule has 0 aliphatic rings. The average Bonchev–Trinajstić information content (AvgIpc) is 2.19. The lowest BCUT2D eigenvalue weighted by atomic mass is 10.1. The van der Waals surface area contributed by atoms with Gasteiger partial charge < -0.3 is 10.2 Å². The summed E-state index contributed by atoms with van der Waals surface area (Å²) in [5, 5.41) is 20.5. The topological polar surface area (TPSA) is 53.4 Å². The van der Waals surface area contributed by atoms with Crippen molar-refractivity contribution in [3.8, 4) is 11.5 Å². The van der Waals surface area contributed by atoms with Crippen LogP contribution in [0.15, 0.2) is 24.4 Å². The van der Waals surface area contributed by atoms with E-state index in [1.807, 2.05) is 13.0 Å². The number of aromatic hydroxyl groups is 2. The largest absolute Gasteiger partial charge is 0.504 e. The van der Waals surface area contributed by atoms with E-state index in [1.165, 1.54) is 0 Å². The molecule has 1 aromatic heterocycles. The fourth-order valence-electron chi connectivity index (χ4n) is 1.54. The molecule has 0 amide bonds. The molecule has 3 nitrogen and oxygen atoms in total. The number of phenolic OH excluding ortho intramolecular Hbond substituents is 2. The number of rotatable bonds is 1. The molecule has 1 heterocycles. The zero-order valence-corrected chi connectivity index (χ0v) is 7.86. The van der Waals surface area contributed by atoms with E-state index in [-0.39, 0.29) is 11.5 Å². The van der Waals surface area contributed by atoms with E-state index in [0.717, 1.165) is 22.9 Å². The standard InChI is InChI=1S/C11H11NO2/c1-2-9-8-6-11(14)10(13)5-7(8)3-4-12-9/h3-6,13-14H,2H2,1H3. The summed E-state index contributed by atoms with van der Waals surface area (Å²) < 4.78 is 0. The molecular formula is C11H11NO2. The molecule has 0 bridgehead atoms. The van der Waals surface area contributed by atoms with Gasteiger partial charge in [-0.05, 0) is 30.0 Å². The van der Waals surface area contributed by atoms with E-state index in [4.69, 9.17) is 0 Å². The summed E-state index contributed by atoms with van der Waals surface area (Å²) in [5.74, 6) is -0.189. The summed E-state index contributed by atoms with van der Waals surface area (Å²) >= 11 is 0. The van der Waals surface area contributed by atoms with Crippen molar-refractivity contribution < 1.29 is 10.2 Å². The number of fused-ring (bicyclic) bond motifs is 1. The lowest BCUT2D eigenvalue weighted by molar-refractivity contribution is 0.405. The fraction of sp³-hybridized carbons (Fsp3) is 0.182. The lowest BCUT2D eigenvalue weighted by Gasteiger charge is -2.04. The molecule has 0 aliphatic heterocycles. The van der Waals surface area contributed by atoms with Gasteiger partial charge in [-0.15, -0.1) is 0 Å². The van der Waals surface area contributed by atoms with Crippen molar-refractivity contribution in [3.63, 3.8) is 0 Å². The third-order valence-corrected chi connectivity index (χ3v) is 2.28. The van der Waals surface area contributed by atoms with Crippen LogP contribution in [0, 0.1) is 0 Å². The Balaban J connectivity index is 2.81. The van der Waals surface area contributed by atoms with Crippen LogP contribution in [0.25, 0.3) is 10.8 Å². The Bertz CT molecular complexity index is 480. The number of aromatic nitrogens is 1. The van der Waals surface area contributed by atoms with Gasteiger partial charge in [0.05, 0.1) is 0 Å². The summed E-state index contributed by atoms with van der Waals surface area (Å²) in [6.45, 7) is 2.01. The molecule has 14 heavy (non-hydrogen) atoms. The van der Waals surface area contributed by atoms with Gasteiger partial charge in [0.15, 0.2) is 11.5 Å². The first-order chi connectivity index (χ1) is 6.72. The van der Waals surface area contributed by atoms with E-state index in [9.17, 15) is 10.2 Å². The maximum absolute atomic E-state index is 9.36. The molecule has 3 heteroatoms. The van der Waals surface area contributed by atoms with Crippen molar-refractivity contribution in [2.45, 2.75) is 13.3 Å². The first-order valence-corrected chi connectivity index (χ1v) is 4.52. The third-order valence-electron chi connectivity index (χ3n) is 2.28. The van der Waals surface area contributed by atoms with Crippen molar-refractivity contribution in [1.29, 1.82) is 0 Å². The van der Waals surface area contributed by atoms with Gasteiger partial charge in [-0.1, -0.05) is 6.92 Å². The van der Waals surface area contributed by atoms with Crippen molar-refractivity contribution in [1.82, 2.24) is 4.98 Å². The number of nitrogens with zero attached hydrogens (tertiary/aromatic N) is 1. The summed E-state index contributed by atoms with van der Waals surface area (Å²) in [4.78, 5) is 4.20. The quantitative estimate of drug-likeness (QED) is 0.676. The molecule has 0 atom stereocenters. The Morgan fingerprint density at radius 1 is 1.21 bits per heavy atom. The van der Waals surface area contributed by atoms with Crippen LogP contribution in [-0.2, 0) is 6.42 Å². The third kappa shape index (κ3) is 1.27. The fourth-order valence-corrected chi connectivity index (χ4v) is 1.54. The molecule has 0 radical (unpaired) electrons. The molecule has 0 unspecified atom stereocenters. The van der Waals surface area contributed by atoms with Crippen molar-refractivity contribution >= 4 is 10.8 Å². The van der Waals surface area contributed by atoms with E-state index in [0.29, 0.717) is 0 Å². The number of pyridine rings is 1. The van der Waals surface area contributed by atoms with Crippen molar-refractivity contribution in [3.05, 3.63) is 30.1 Å². The highest BCUT2D eigenvalue weighted by Gasteiger charge is 2.05. The number of hydrogen-bond donors (Lipinski definition) is 2. The molecule has 1 aromatic carbocycles. The van der Waals surface area contributed by atoms with Crippen LogP contribution in [0.3, 0.4) is 0 Å². The number of hydrogen-bond acceptors (Lipinski definition) is 3. The van der Waals surface area contributed by atoms with Crippen LogP contribution in [0.5, 0.6) is 11.5 Å². The Hall–Kier alpha value is -1.77. The van der Waals surface area contributed by atoms with Gasteiger partial charge in [0.25, 0.3) is 0 Å². The first-order valence-electron chi connectivity index (χ1n) is 4.52. The predicted molar refractivity (Wildman–Crippen MR) is 54.5 cm³/mol. The van der Waals surface area contributed by atoms with E-state index in [1.54, 1.807) is 18.3 Å². The maximum Gasteiger partial charge on any atom is 0.158 e. The van der Waals surface area contributed by atoms with Crippen LogP contribution < -0.4 is 0 Å². The zero-order chi connectivity index (χ0) is 10.1. The normalized spacial score (nSPS) is 10.6. The maximum atomic E-state index is 9.36. The summed E-state index contributed by atoms with van der Waals surface area (Å²) in [6, 6.07) is 4.91. The Morgan fingerprint density at radius 2 is 1.93 bits per heavy atom. The Kier molecular flexibility index (Phi) is 2.00. The predicted octanol–water partition coefficient (Wildman–Crippen LogP) is 2.21. The monoisotopic (exact) mass is 189 g/mol. The first kappa shape index (κ1) is 8.81. The second-order valence-corrected chi connectivity index (χ2v) is 3.17. The Morgan fingerprint density at radius 3 is 2.64 bits per heavy atom. The van der Waals surface area contributed by atoms with E-state index < -0.39 is 0 Å². The number of phenols is 2. The van der Waals surface area contributed by atoms with Gasteiger partial charge >= 0.3 is 0 Å². The second kappa shape index (κ2) is 3.18. The molecule has 0 saturated carbocycles. The minimum absolute atomic E-state index is 0.0919. The lowest BCUT2D eigenvalue weighted by Crippen LogP contribution is -1.88. The van der Waals surface area contributed by atoms with E-state index >= 15 is 0 Å². The van der Waals surface area contributed by atoms with Crippen LogP contribution in [0.2, 0.25) is 0 Å².